The fourth-order valence-corrected chi connectivity index (χ4v) is 1.95. The van der Waals surface area contributed by atoms with Gasteiger partial charge < -0.3 is 9.15 Å². The predicted molar refractivity (Wildman–Crippen MR) is 52.3 cm³/mol. The van der Waals surface area contributed by atoms with Crippen molar-refractivity contribution in [3.8, 4) is 0 Å². The number of furan rings is 1. The first-order valence-electron chi connectivity index (χ1n) is 4.94. The minimum atomic E-state index is -0.0394. The summed E-state index contributed by atoms with van der Waals surface area (Å²) >= 11 is 0. The summed E-state index contributed by atoms with van der Waals surface area (Å²) in [4.78, 5) is 0. The number of rotatable bonds is 3. The van der Waals surface area contributed by atoms with E-state index < -0.39 is 0 Å². The van der Waals surface area contributed by atoms with E-state index >= 15 is 0 Å². The molecule has 1 aliphatic heterocycles. The molecular formula is C10H16N2O2. The van der Waals surface area contributed by atoms with Crippen molar-refractivity contribution < 1.29 is 9.15 Å². The molecule has 2 rings (SSSR count). The van der Waals surface area contributed by atoms with Crippen molar-refractivity contribution in [2.75, 3.05) is 6.61 Å². The average Bonchev–Trinajstić information content (AvgIpc) is 2.80. The van der Waals surface area contributed by atoms with E-state index in [-0.39, 0.29) is 12.1 Å². The molecule has 1 aromatic heterocycles. The molecule has 3 N–H and O–H groups in total. The minimum absolute atomic E-state index is 0.0394. The van der Waals surface area contributed by atoms with Gasteiger partial charge in [0, 0.05) is 6.61 Å². The van der Waals surface area contributed by atoms with E-state index in [0.29, 0.717) is 5.92 Å². The standard InChI is InChI=1S/C10H16N2O2/c1-7-4-6-14-10(7)9(12-11)8-3-2-5-13-8/h2-3,5,7,9-10,12H,4,6,11H2,1H3. The maximum Gasteiger partial charge on any atom is 0.124 e. The molecule has 0 amide bonds. The van der Waals surface area contributed by atoms with Crippen molar-refractivity contribution in [3.63, 3.8) is 0 Å². The molecular weight excluding hydrogens is 180 g/mol. The van der Waals surface area contributed by atoms with Gasteiger partial charge in [-0.3, -0.25) is 5.84 Å². The number of hydrazine groups is 1. The largest absolute Gasteiger partial charge is 0.468 e. The summed E-state index contributed by atoms with van der Waals surface area (Å²) in [5, 5.41) is 0. The highest BCUT2D eigenvalue weighted by molar-refractivity contribution is 5.07. The van der Waals surface area contributed by atoms with Gasteiger partial charge in [-0.2, -0.15) is 0 Å². The van der Waals surface area contributed by atoms with Crippen molar-refractivity contribution in [3.05, 3.63) is 24.2 Å². The molecule has 0 saturated carbocycles. The van der Waals surface area contributed by atoms with E-state index in [1.165, 1.54) is 0 Å². The fourth-order valence-electron chi connectivity index (χ4n) is 1.95. The average molecular weight is 196 g/mol. The molecule has 4 heteroatoms. The van der Waals surface area contributed by atoms with Crippen LogP contribution in [0.2, 0.25) is 0 Å². The summed E-state index contributed by atoms with van der Waals surface area (Å²) in [5.74, 6) is 6.87. The second-order valence-electron chi connectivity index (χ2n) is 3.76. The molecule has 0 radical (unpaired) electrons. The summed E-state index contributed by atoms with van der Waals surface area (Å²) < 4.78 is 11.0. The molecule has 4 nitrogen and oxygen atoms in total. The van der Waals surface area contributed by atoms with Crippen LogP contribution in [-0.4, -0.2) is 12.7 Å². The Balaban J connectivity index is 2.13. The molecule has 1 aliphatic rings. The van der Waals surface area contributed by atoms with Gasteiger partial charge in [0.1, 0.15) is 11.8 Å². The first kappa shape index (κ1) is 9.71. The van der Waals surface area contributed by atoms with Crippen LogP contribution in [0, 0.1) is 5.92 Å². The molecule has 0 aliphatic carbocycles. The van der Waals surface area contributed by atoms with Crippen LogP contribution in [0.3, 0.4) is 0 Å². The van der Waals surface area contributed by atoms with Gasteiger partial charge in [0.05, 0.1) is 12.4 Å². The molecule has 3 unspecified atom stereocenters. The SMILES string of the molecule is CC1CCOC1C(NN)c1ccco1. The molecule has 3 atom stereocenters. The Labute approximate surface area is 83.4 Å². The fraction of sp³-hybridized carbons (Fsp3) is 0.600. The summed E-state index contributed by atoms with van der Waals surface area (Å²) in [6.07, 6.45) is 2.86. The molecule has 0 spiro atoms. The first-order chi connectivity index (χ1) is 6.83. The summed E-state index contributed by atoms with van der Waals surface area (Å²) in [5.41, 5.74) is 2.76. The lowest BCUT2D eigenvalue weighted by Gasteiger charge is -2.23. The third kappa shape index (κ3) is 1.68. The Morgan fingerprint density at radius 2 is 2.50 bits per heavy atom. The Bertz CT molecular complexity index is 274. The number of hydrogen-bond donors (Lipinski definition) is 2. The van der Waals surface area contributed by atoms with Crippen LogP contribution < -0.4 is 11.3 Å². The molecule has 14 heavy (non-hydrogen) atoms. The molecule has 0 aromatic carbocycles. The normalized spacial score (nSPS) is 29.3. The van der Waals surface area contributed by atoms with E-state index in [2.05, 4.69) is 12.3 Å². The Morgan fingerprint density at radius 1 is 1.64 bits per heavy atom. The lowest BCUT2D eigenvalue weighted by atomic mass is 9.96. The van der Waals surface area contributed by atoms with Crippen LogP contribution in [0.15, 0.2) is 22.8 Å². The van der Waals surface area contributed by atoms with Crippen LogP contribution in [0.1, 0.15) is 25.1 Å². The highest BCUT2D eigenvalue weighted by Crippen LogP contribution is 2.30. The number of nitrogens with one attached hydrogen (secondary N) is 1. The van der Waals surface area contributed by atoms with E-state index in [1.54, 1.807) is 6.26 Å². The molecule has 78 valence electrons. The zero-order valence-corrected chi connectivity index (χ0v) is 8.27. The summed E-state index contributed by atoms with van der Waals surface area (Å²) in [6, 6.07) is 3.74. The van der Waals surface area contributed by atoms with Crippen molar-refractivity contribution in [1.29, 1.82) is 0 Å². The van der Waals surface area contributed by atoms with Gasteiger partial charge >= 0.3 is 0 Å². The highest BCUT2D eigenvalue weighted by atomic mass is 16.5. The second kappa shape index (κ2) is 4.13. The smallest absolute Gasteiger partial charge is 0.124 e. The van der Waals surface area contributed by atoms with Crippen molar-refractivity contribution in [2.45, 2.75) is 25.5 Å². The molecule has 1 aromatic rings. The van der Waals surface area contributed by atoms with Gasteiger partial charge in [0.2, 0.25) is 0 Å². The van der Waals surface area contributed by atoms with Gasteiger partial charge in [-0.25, -0.2) is 5.43 Å². The highest BCUT2D eigenvalue weighted by Gasteiger charge is 2.33. The van der Waals surface area contributed by atoms with Crippen LogP contribution in [0.4, 0.5) is 0 Å². The maximum absolute atomic E-state index is 5.64. The van der Waals surface area contributed by atoms with Gasteiger partial charge in [-0.15, -0.1) is 0 Å². The molecule has 1 fully saturated rings. The topological polar surface area (TPSA) is 60.4 Å². The Kier molecular flexibility index (Phi) is 2.86. The summed E-state index contributed by atoms with van der Waals surface area (Å²) in [7, 11) is 0. The first-order valence-corrected chi connectivity index (χ1v) is 4.94. The van der Waals surface area contributed by atoms with Crippen LogP contribution in [-0.2, 0) is 4.74 Å². The monoisotopic (exact) mass is 196 g/mol. The van der Waals surface area contributed by atoms with Crippen molar-refractivity contribution in [1.82, 2.24) is 5.43 Å². The van der Waals surface area contributed by atoms with Crippen LogP contribution in [0.5, 0.6) is 0 Å². The number of nitrogens with two attached hydrogens (primary N) is 1. The third-order valence-electron chi connectivity index (χ3n) is 2.80. The van der Waals surface area contributed by atoms with Crippen molar-refractivity contribution in [2.24, 2.45) is 11.8 Å². The van der Waals surface area contributed by atoms with Gasteiger partial charge in [-0.05, 0) is 24.5 Å². The Hall–Kier alpha value is -0.840. The molecule has 1 saturated heterocycles. The summed E-state index contributed by atoms with van der Waals surface area (Å²) in [6.45, 7) is 2.98. The zero-order valence-electron chi connectivity index (χ0n) is 8.27. The Morgan fingerprint density at radius 3 is 3.00 bits per heavy atom. The lowest BCUT2D eigenvalue weighted by Crippen LogP contribution is -2.38. The van der Waals surface area contributed by atoms with E-state index in [9.17, 15) is 0 Å². The van der Waals surface area contributed by atoms with E-state index in [4.69, 9.17) is 15.0 Å². The zero-order chi connectivity index (χ0) is 9.97. The number of hydrogen-bond acceptors (Lipinski definition) is 4. The lowest BCUT2D eigenvalue weighted by molar-refractivity contribution is 0.0538. The van der Waals surface area contributed by atoms with Gasteiger partial charge in [-0.1, -0.05) is 6.92 Å². The van der Waals surface area contributed by atoms with Crippen LogP contribution in [0.25, 0.3) is 0 Å². The maximum atomic E-state index is 5.64. The second-order valence-corrected chi connectivity index (χ2v) is 3.76. The molecule has 2 heterocycles. The van der Waals surface area contributed by atoms with Gasteiger partial charge in [0.25, 0.3) is 0 Å². The third-order valence-corrected chi connectivity index (χ3v) is 2.80. The number of ether oxygens (including phenoxy) is 1. The van der Waals surface area contributed by atoms with E-state index in [1.807, 2.05) is 12.1 Å². The predicted octanol–water partition coefficient (Wildman–Crippen LogP) is 1.21. The quantitative estimate of drug-likeness (QED) is 0.563. The van der Waals surface area contributed by atoms with Crippen LogP contribution >= 0.6 is 0 Å². The van der Waals surface area contributed by atoms with E-state index in [0.717, 1.165) is 18.8 Å². The minimum Gasteiger partial charge on any atom is -0.468 e. The van der Waals surface area contributed by atoms with Gasteiger partial charge in [0.15, 0.2) is 0 Å². The molecule has 0 bridgehead atoms. The van der Waals surface area contributed by atoms with Crippen molar-refractivity contribution >= 4 is 0 Å².